The van der Waals surface area contributed by atoms with E-state index in [-0.39, 0.29) is 5.91 Å². The van der Waals surface area contributed by atoms with E-state index in [9.17, 15) is 4.79 Å². The molecule has 6 nitrogen and oxygen atoms in total. The Morgan fingerprint density at radius 3 is 2.85 bits per heavy atom. The van der Waals surface area contributed by atoms with E-state index in [4.69, 9.17) is 0 Å². The number of aryl methyl sites for hydroxylation is 1. The highest BCUT2D eigenvalue weighted by Crippen LogP contribution is 2.25. The van der Waals surface area contributed by atoms with E-state index in [0.717, 1.165) is 28.4 Å². The molecule has 1 aliphatic heterocycles. The van der Waals surface area contributed by atoms with Gasteiger partial charge < -0.3 is 5.32 Å². The minimum Gasteiger partial charge on any atom is -0.310 e. The van der Waals surface area contributed by atoms with Crippen molar-refractivity contribution in [1.82, 2.24) is 19.7 Å². The Morgan fingerprint density at radius 1 is 1.23 bits per heavy atom. The lowest BCUT2D eigenvalue weighted by Crippen LogP contribution is -2.35. The number of rotatable bonds is 4. The first-order valence-electron chi connectivity index (χ1n) is 9.01. The van der Waals surface area contributed by atoms with Gasteiger partial charge in [-0.2, -0.15) is 5.10 Å². The summed E-state index contributed by atoms with van der Waals surface area (Å²) in [4.78, 5) is 18.9. The fourth-order valence-electron chi connectivity index (χ4n) is 3.55. The molecule has 6 heteroatoms. The topological polar surface area (TPSA) is 63.1 Å². The second-order valence-corrected chi connectivity index (χ2v) is 7.04. The van der Waals surface area contributed by atoms with Gasteiger partial charge in [-0.1, -0.05) is 12.1 Å². The Morgan fingerprint density at radius 2 is 2.12 bits per heavy atom. The fourth-order valence-corrected chi connectivity index (χ4v) is 3.55. The molecular formula is C20H23N5O. The number of anilines is 1. The number of amides is 1. The van der Waals surface area contributed by atoms with Crippen LogP contribution in [0.3, 0.4) is 0 Å². The maximum atomic E-state index is 12.3. The van der Waals surface area contributed by atoms with Crippen LogP contribution in [0.1, 0.15) is 19.8 Å². The number of nitrogens with one attached hydrogen (secondary N) is 1. The molecule has 1 saturated heterocycles. The van der Waals surface area contributed by atoms with Crippen molar-refractivity contribution < 1.29 is 4.79 Å². The van der Waals surface area contributed by atoms with Gasteiger partial charge in [-0.25, -0.2) is 4.98 Å². The number of hydrogen-bond acceptors (Lipinski definition) is 4. The number of hydrogen-bond donors (Lipinski definition) is 1. The SMILES string of the molecule is C[C@H]1CCCN1CC(=O)Nc1cc2cc(-c3cnn(C)c3)ccc2cn1. The van der Waals surface area contributed by atoms with Crippen LogP contribution in [0.15, 0.2) is 42.9 Å². The van der Waals surface area contributed by atoms with Crippen LogP contribution in [0, 0.1) is 0 Å². The molecule has 3 heterocycles. The minimum absolute atomic E-state index is 0.00554. The highest BCUT2D eigenvalue weighted by molar-refractivity contribution is 5.94. The summed E-state index contributed by atoms with van der Waals surface area (Å²) in [6.07, 6.45) is 7.97. The molecule has 134 valence electrons. The Hall–Kier alpha value is -2.73. The van der Waals surface area contributed by atoms with Gasteiger partial charge in [-0.3, -0.25) is 14.4 Å². The molecule has 4 rings (SSSR count). The molecule has 2 aromatic heterocycles. The third kappa shape index (κ3) is 3.46. The Balaban J connectivity index is 1.53. The molecule has 0 radical (unpaired) electrons. The molecule has 0 aliphatic carbocycles. The lowest BCUT2D eigenvalue weighted by atomic mass is 10.1. The van der Waals surface area contributed by atoms with Crippen LogP contribution in [0.25, 0.3) is 21.9 Å². The third-order valence-corrected chi connectivity index (χ3v) is 5.06. The lowest BCUT2D eigenvalue weighted by molar-refractivity contribution is -0.117. The van der Waals surface area contributed by atoms with Crippen molar-refractivity contribution in [3.8, 4) is 11.1 Å². The van der Waals surface area contributed by atoms with Crippen molar-refractivity contribution in [3.63, 3.8) is 0 Å². The molecule has 0 spiro atoms. The first-order valence-corrected chi connectivity index (χ1v) is 9.01. The maximum Gasteiger partial charge on any atom is 0.239 e. The number of carbonyl (C=O) groups excluding carboxylic acids is 1. The molecule has 0 bridgehead atoms. The molecular weight excluding hydrogens is 326 g/mol. The van der Waals surface area contributed by atoms with Gasteiger partial charge in [0.2, 0.25) is 5.91 Å². The van der Waals surface area contributed by atoms with E-state index in [1.165, 1.54) is 12.8 Å². The number of carbonyl (C=O) groups is 1. The average Bonchev–Trinajstić information content (AvgIpc) is 3.23. The van der Waals surface area contributed by atoms with Crippen molar-refractivity contribution in [2.75, 3.05) is 18.4 Å². The van der Waals surface area contributed by atoms with Crippen molar-refractivity contribution >= 4 is 22.5 Å². The summed E-state index contributed by atoms with van der Waals surface area (Å²) >= 11 is 0. The molecule has 1 atom stereocenters. The highest BCUT2D eigenvalue weighted by atomic mass is 16.2. The number of pyridine rings is 1. The number of aromatic nitrogens is 3. The highest BCUT2D eigenvalue weighted by Gasteiger charge is 2.22. The molecule has 0 saturated carbocycles. The second-order valence-electron chi connectivity index (χ2n) is 7.04. The van der Waals surface area contributed by atoms with E-state index in [1.54, 1.807) is 10.9 Å². The molecule has 0 unspecified atom stereocenters. The smallest absolute Gasteiger partial charge is 0.239 e. The summed E-state index contributed by atoms with van der Waals surface area (Å²) in [5.74, 6) is 0.590. The van der Waals surface area contributed by atoms with E-state index in [1.807, 2.05) is 31.6 Å². The van der Waals surface area contributed by atoms with Crippen molar-refractivity contribution in [1.29, 1.82) is 0 Å². The third-order valence-electron chi connectivity index (χ3n) is 5.06. The molecule has 1 fully saturated rings. The number of fused-ring (bicyclic) bond motifs is 1. The van der Waals surface area contributed by atoms with Crippen LogP contribution in [0.4, 0.5) is 5.82 Å². The number of benzene rings is 1. The van der Waals surface area contributed by atoms with Crippen LogP contribution in [0.2, 0.25) is 0 Å². The van der Waals surface area contributed by atoms with E-state index in [2.05, 4.69) is 39.4 Å². The predicted octanol–water partition coefficient (Wildman–Crippen LogP) is 3.06. The van der Waals surface area contributed by atoms with Gasteiger partial charge >= 0.3 is 0 Å². The Labute approximate surface area is 152 Å². The van der Waals surface area contributed by atoms with Gasteiger partial charge in [-0.15, -0.1) is 0 Å². The molecule has 26 heavy (non-hydrogen) atoms. The zero-order chi connectivity index (χ0) is 18.1. The zero-order valence-corrected chi connectivity index (χ0v) is 15.1. The Kier molecular flexibility index (Phi) is 4.42. The Bertz CT molecular complexity index is 948. The lowest BCUT2D eigenvalue weighted by Gasteiger charge is -2.19. The summed E-state index contributed by atoms with van der Waals surface area (Å²) in [6, 6.07) is 8.62. The standard InChI is InChI=1S/C20H23N5O/c1-14-4-3-7-25(14)13-20(26)23-19-9-17-8-15(5-6-16(17)10-21-19)18-11-22-24(2)12-18/h5-6,8-12,14H,3-4,7,13H2,1-2H3,(H,21,23,26)/t14-/m0/s1. The van der Waals surface area contributed by atoms with Crippen LogP contribution in [-0.4, -0.2) is 44.7 Å². The van der Waals surface area contributed by atoms with Crippen LogP contribution < -0.4 is 5.32 Å². The van der Waals surface area contributed by atoms with Crippen LogP contribution in [0.5, 0.6) is 0 Å². The van der Waals surface area contributed by atoms with Crippen LogP contribution in [-0.2, 0) is 11.8 Å². The summed E-state index contributed by atoms with van der Waals surface area (Å²) < 4.78 is 1.79. The van der Waals surface area contributed by atoms with Crippen LogP contribution >= 0.6 is 0 Å². The van der Waals surface area contributed by atoms with Crippen molar-refractivity contribution in [2.24, 2.45) is 7.05 Å². The summed E-state index contributed by atoms with van der Waals surface area (Å²) in [6.45, 7) is 3.60. The van der Waals surface area contributed by atoms with Gasteiger partial charge in [0, 0.05) is 36.4 Å². The van der Waals surface area contributed by atoms with Gasteiger partial charge in [0.15, 0.2) is 0 Å². The molecule has 1 aliphatic rings. The minimum atomic E-state index is -0.00554. The van der Waals surface area contributed by atoms with Crippen molar-refractivity contribution in [3.05, 3.63) is 42.9 Å². The van der Waals surface area contributed by atoms with E-state index < -0.39 is 0 Å². The first-order chi connectivity index (χ1) is 12.6. The number of likely N-dealkylation sites (tertiary alicyclic amines) is 1. The first kappa shape index (κ1) is 16.7. The largest absolute Gasteiger partial charge is 0.310 e. The van der Waals surface area contributed by atoms with Crippen molar-refractivity contribution in [2.45, 2.75) is 25.8 Å². The monoisotopic (exact) mass is 349 g/mol. The summed E-state index contributed by atoms with van der Waals surface area (Å²) in [5.41, 5.74) is 2.17. The van der Waals surface area contributed by atoms with E-state index in [0.29, 0.717) is 18.4 Å². The quantitative estimate of drug-likeness (QED) is 0.786. The molecule has 1 N–H and O–H groups in total. The maximum absolute atomic E-state index is 12.3. The van der Waals surface area contributed by atoms with Gasteiger partial charge in [-0.05, 0) is 49.4 Å². The fraction of sp³-hybridized carbons (Fsp3) is 0.350. The number of nitrogens with zero attached hydrogens (tertiary/aromatic N) is 4. The molecule has 1 amide bonds. The van der Waals surface area contributed by atoms with Gasteiger partial charge in [0.25, 0.3) is 0 Å². The second kappa shape index (κ2) is 6.88. The average molecular weight is 349 g/mol. The molecule has 1 aromatic carbocycles. The normalized spacial score (nSPS) is 17.7. The summed E-state index contributed by atoms with van der Waals surface area (Å²) in [7, 11) is 1.91. The predicted molar refractivity (Wildman–Crippen MR) is 103 cm³/mol. The van der Waals surface area contributed by atoms with Gasteiger partial charge in [0.1, 0.15) is 5.82 Å². The van der Waals surface area contributed by atoms with E-state index >= 15 is 0 Å². The molecule has 3 aromatic rings. The van der Waals surface area contributed by atoms with Gasteiger partial charge in [0.05, 0.1) is 12.7 Å². The summed E-state index contributed by atoms with van der Waals surface area (Å²) in [5, 5.41) is 9.26. The zero-order valence-electron chi connectivity index (χ0n) is 15.1.